The van der Waals surface area contributed by atoms with Crippen molar-refractivity contribution in [1.82, 2.24) is 0 Å². The van der Waals surface area contributed by atoms with Crippen LogP contribution in [-0.4, -0.2) is 23.3 Å². The molecule has 0 aromatic heterocycles. The minimum Gasteiger partial charge on any atom is -0.493 e. The number of nitriles is 1. The average molecular weight is 225 g/mol. The molecule has 0 fully saturated rings. The van der Waals surface area contributed by atoms with Gasteiger partial charge in [-0.1, -0.05) is 0 Å². The second-order valence-corrected chi connectivity index (χ2v) is 2.89. The molecule has 1 aromatic carbocycles. The van der Waals surface area contributed by atoms with E-state index in [1.165, 1.54) is 0 Å². The predicted octanol–water partition coefficient (Wildman–Crippen LogP) is 0.824. The molecule has 0 aliphatic rings. The van der Waals surface area contributed by atoms with Crippen molar-refractivity contribution in [1.29, 1.82) is 5.26 Å². The van der Waals surface area contributed by atoms with Gasteiger partial charge in [-0.2, -0.15) is 5.26 Å². The number of halogens is 1. The Bertz CT molecular complexity index is 467. The van der Waals surface area contributed by atoms with Crippen LogP contribution in [0.25, 0.3) is 0 Å². The summed E-state index contributed by atoms with van der Waals surface area (Å²) < 4.78 is 17.9. The van der Waals surface area contributed by atoms with Crippen LogP contribution in [0.4, 0.5) is 4.39 Å². The molecular weight excluding hydrogens is 217 g/mol. The number of aliphatic hydroxyl groups is 1. The largest absolute Gasteiger partial charge is 0.493 e. The number of benzene rings is 1. The van der Waals surface area contributed by atoms with E-state index in [0.717, 1.165) is 19.2 Å². The molecule has 0 spiro atoms. The molecule has 0 heterocycles. The fourth-order valence-electron chi connectivity index (χ4n) is 1.27. The Morgan fingerprint density at radius 2 is 2.25 bits per heavy atom. The number of carbonyl (C=O) groups is 1. The highest BCUT2D eigenvalue weighted by Crippen LogP contribution is 2.31. The van der Waals surface area contributed by atoms with Crippen LogP contribution in [-0.2, 0) is 4.79 Å². The smallest absolute Gasteiger partial charge is 0.337 e. The average Bonchev–Trinajstić information content (AvgIpc) is 2.27. The zero-order chi connectivity index (χ0) is 12.3. The number of rotatable bonds is 3. The van der Waals surface area contributed by atoms with Crippen LogP contribution in [0.2, 0.25) is 0 Å². The van der Waals surface area contributed by atoms with Crippen LogP contribution in [0.1, 0.15) is 17.2 Å². The van der Waals surface area contributed by atoms with Gasteiger partial charge in [0, 0.05) is 0 Å². The summed E-state index contributed by atoms with van der Waals surface area (Å²) in [6.07, 6.45) is -2.00. The molecule has 1 aromatic rings. The van der Waals surface area contributed by atoms with E-state index >= 15 is 0 Å². The molecule has 1 atom stereocenters. The Labute approximate surface area is 90.3 Å². The van der Waals surface area contributed by atoms with Crippen molar-refractivity contribution in [2.75, 3.05) is 7.11 Å². The van der Waals surface area contributed by atoms with E-state index in [4.69, 9.17) is 10.4 Å². The lowest BCUT2D eigenvalue weighted by Crippen LogP contribution is -2.14. The van der Waals surface area contributed by atoms with Gasteiger partial charge in [0.1, 0.15) is 0 Å². The molecule has 1 rings (SSSR count). The van der Waals surface area contributed by atoms with Crippen molar-refractivity contribution in [3.05, 3.63) is 29.1 Å². The lowest BCUT2D eigenvalue weighted by molar-refractivity contribution is -0.147. The SMILES string of the molecule is COc1c(F)ccc(C#N)c1C(O)C(=O)O. The summed E-state index contributed by atoms with van der Waals surface area (Å²) in [5.74, 6) is -2.86. The first-order chi connectivity index (χ1) is 7.52. The Balaban J connectivity index is 3.49. The molecule has 1 unspecified atom stereocenters. The van der Waals surface area contributed by atoms with Crippen LogP contribution in [0.3, 0.4) is 0 Å². The molecule has 0 bridgehead atoms. The summed E-state index contributed by atoms with van der Waals surface area (Å²) in [6, 6.07) is 3.71. The van der Waals surface area contributed by atoms with Crippen LogP contribution < -0.4 is 4.74 Å². The number of hydrogen-bond acceptors (Lipinski definition) is 4. The van der Waals surface area contributed by atoms with Gasteiger partial charge in [0.25, 0.3) is 0 Å². The first kappa shape index (κ1) is 11.9. The maximum atomic E-state index is 13.3. The molecule has 84 valence electrons. The van der Waals surface area contributed by atoms with Crippen LogP contribution >= 0.6 is 0 Å². The Morgan fingerprint density at radius 1 is 1.62 bits per heavy atom. The lowest BCUT2D eigenvalue weighted by atomic mass is 10.0. The topological polar surface area (TPSA) is 90.5 Å². The number of ether oxygens (including phenoxy) is 1. The molecule has 0 saturated heterocycles. The van der Waals surface area contributed by atoms with Gasteiger partial charge in [-0.05, 0) is 12.1 Å². The highest BCUT2D eigenvalue weighted by molar-refractivity contribution is 5.76. The minimum atomic E-state index is -2.00. The number of carboxylic acid groups (broad SMARTS) is 1. The van der Waals surface area contributed by atoms with Gasteiger partial charge in [-0.15, -0.1) is 0 Å². The van der Waals surface area contributed by atoms with E-state index in [0.29, 0.717) is 0 Å². The third-order valence-corrected chi connectivity index (χ3v) is 1.98. The van der Waals surface area contributed by atoms with Crippen LogP contribution in [0.15, 0.2) is 12.1 Å². The number of hydrogen-bond donors (Lipinski definition) is 2. The van der Waals surface area contributed by atoms with Gasteiger partial charge < -0.3 is 14.9 Å². The van der Waals surface area contributed by atoms with Crippen LogP contribution in [0.5, 0.6) is 5.75 Å². The normalized spacial score (nSPS) is 11.6. The monoisotopic (exact) mass is 225 g/mol. The maximum Gasteiger partial charge on any atom is 0.337 e. The summed E-state index contributed by atoms with van der Waals surface area (Å²) in [6.45, 7) is 0. The first-order valence-corrected chi connectivity index (χ1v) is 4.20. The summed E-state index contributed by atoms with van der Waals surface area (Å²) in [4.78, 5) is 10.6. The van der Waals surface area contributed by atoms with Gasteiger partial charge in [0.15, 0.2) is 17.7 Å². The summed E-state index contributed by atoms with van der Waals surface area (Å²) in [5, 5.41) is 26.7. The quantitative estimate of drug-likeness (QED) is 0.794. The summed E-state index contributed by atoms with van der Waals surface area (Å²) in [5.41, 5.74) is -0.523. The molecule has 5 nitrogen and oxygen atoms in total. The first-order valence-electron chi connectivity index (χ1n) is 4.20. The number of methoxy groups -OCH3 is 1. The zero-order valence-electron chi connectivity index (χ0n) is 8.27. The van der Waals surface area contributed by atoms with Crippen molar-refractivity contribution in [2.24, 2.45) is 0 Å². The fourth-order valence-corrected chi connectivity index (χ4v) is 1.27. The van der Waals surface area contributed by atoms with Gasteiger partial charge in [0.2, 0.25) is 0 Å². The third kappa shape index (κ3) is 1.94. The molecule has 0 aliphatic carbocycles. The van der Waals surface area contributed by atoms with Crippen molar-refractivity contribution in [2.45, 2.75) is 6.10 Å². The van der Waals surface area contributed by atoms with Crippen molar-refractivity contribution in [3.63, 3.8) is 0 Å². The number of carboxylic acids is 1. The number of nitrogens with zero attached hydrogens (tertiary/aromatic N) is 1. The lowest BCUT2D eigenvalue weighted by Gasteiger charge is -2.13. The minimum absolute atomic E-state index is 0.145. The van der Waals surface area contributed by atoms with E-state index < -0.39 is 23.6 Å². The van der Waals surface area contributed by atoms with E-state index in [1.807, 2.05) is 0 Å². The van der Waals surface area contributed by atoms with E-state index in [-0.39, 0.29) is 11.1 Å². The van der Waals surface area contributed by atoms with Gasteiger partial charge in [0.05, 0.1) is 24.3 Å². The summed E-state index contributed by atoms with van der Waals surface area (Å²) in [7, 11) is 1.12. The highest BCUT2D eigenvalue weighted by atomic mass is 19.1. The highest BCUT2D eigenvalue weighted by Gasteiger charge is 2.26. The summed E-state index contributed by atoms with van der Waals surface area (Å²) >= 11 is 0. The van der Waals surface area contributed by atoms with E-state index in [1.54, 1.807) is 6.07 Å². The molecule has 0 aliphatic heterocycles. The molecule has 2 N–H and O–H groups in total. The Hall–Kier alpha value is -2.13. The van der Waals surface area contributed by atoms with Crippen molar-refractivity contribution < 1.29 is 24.1 Å². The fraction of sp³-hybridized carbons (Fsp3) is 0.200. The Kier molecular flexibility index (Phi) is 3.43. The second kappa shape index (κ2) is 4.59. The molecule has 0 radical (unpaired) electrons. The van der Waals surface area contributed by atoms with E-state index in [2.05, 4.69) is 4.74 Å². The molecule has 0 saturated carbocycles. The second-order valence-electron chi connectivity index (χ2n) is 2.89. The Morgan fingerprint density at radius 3 is 2.69 bits per heavy atom. The van der Waals surface area contributed by atoms with Gasteiger partial charge >= 0.3 is 5.97 Å². The third-order valence-electron chi connectivity index (χ3n) is 1.98. The predicted molar refractivity (Wildman–Crippen MR) is 50.3 cm³/mol. The molecule has 0 amide bonds. The van der Waals surface area contributed by atoms with Gasteiger partial charge in [-0.25, -0.2) is 9.18 Å². The zero-order valence-corrected chi connectivity index (χ0v) is 8.27. The molecule has 16 heavy (non-hydrogen) atoms. The molecule has 6 heteroatoms. The number of aliphatic hydroxyl groups excluding tert-OH is 1. The number of aliphatic carboxylic acids is 1. The van der Waals surface area contributed by atoms with Crippen molar-refractivity contribution in [3.8, 4) is 11.8 Å². The standard InChI is InChI=1S/C10H8FNO4/c1-16-9-6(11)3-2-5(4-12)7(9)8(13)10(14)15/h2-3,8,13H,1H3,(H,14,15). The molecular formula is C10H8FNO4. The van der Waals surface area contributed by atoms with E-state index in [9.17, 15) is 14.3 Å². The van der Waals surface area contributed by atoms with Crippen LogP contribution in [0, 0.1) is 17.1 Å². The van der Waals surface area contributed by atoms with Crippen molar-refractivity contribution >= 4 is 5.97 Å². The van der Waals surface area contributed by atoms with Gasteiger partial charge in [-0.3, -0.25) is 0 Å². The maximum absolute atomic E-state index is 13.3.